The van der Waals surface area contributed by atoms with Gasteiger partial charge in [-0.05, 0) is 34.6 Å². The topological polar surface area (TPSA) is 148 Å². The third kappa shape index (κ3) is 16.5. The Bertz CT molecular complexity index is 637. The van der Waals surface area contributed by atoms with Gasteiger partial charge >= 0.3 is 0 Å². The Hall–Kier alpha value is -0.480. The molecule has 0 aromatic heterocycles. The highest BCUT2D eigenvalue weighted by Gasteiger charge is 2.31. The lowest BCUT2D eigenvalue weighted by molar-refractivity contribution is -0.136. The molecule has 2 rings (SSSR count). The first-order valence-corrected chi connectivity index (χ1v) is 14.4. The molecule has 0 aliphatic carbocycles. The highest BCUT2D eigenvalue weighted by Crippen LogP contribution is 2.16. The molecule has 2 heterocycles. The summed E-state index contributed by atoms with van der Waals surface area (Å²) in [5, 5.41) is 29.8. The van der Waals surface area contributed by atoms with E-state index in [9.17, 15) is 15.3 Å². The van der Waals surface area contributed by atoms with Crippen LogP contribution in [0.1, 0.15) is 34.6 Å². The van der Waals surface area contributed by atoms with Gasteiger partial charge in [0.15, 0.2) is 0 Å². The normalized spacial score (nSPS) is 27.9. The van der Waals surface area contributed by atoms with Crippen LogP contribution in [0.25, 0.3) is 0 Å². The molecule has 39 heavy (non-hydrogen) atoms. The third-order valence-electron chi connectivity index (χ3n) is 6.69. The van der Waals surface area contributed by atoms with Gasteiger partial charge < -0.3 is 49.5 Å². The maximum atomic E-state index is 10.1. The molecule has 0 amide bonds. The van der Waals surface area contributed by atoms with E-state index in [1.54, 1.807) is 0 Å². The monoisotopic (exact) mass is 565 g/mol. The average Bonchev–Trinajstić information content (AvgIpc) is 3.78. The van der Waals surface area contributed by atoms with Crippen molar-refractivity contribution in [1.29, 1.82) is 0 Å². The lowest BCUT2D eigenvalue weighted by atomic mass is 10.3. The smallest absolute Gasteiger partial charge is 0.105 e. The van der Waals surface area contributed by atoms with Crippen LogP contribution in [0.2, 0.25) is 0 Å². The molecular formula is C27H55N3O9. The fraction of sp³-hybridized carbons (Fsp3) is 1.00. The fourth-order valence-electron chi connectivity index (χ4n) is 4.05. The molecule has 0 aromatic rings. The number of nitrogens with two attached hydrogens (primary N) is 1. The Morgan fingerprint density at radius 1 is 0.641 bits per heavy atom. The van der Waals surface area contributed by atoms with Crippen LogP contribution in [0.3, 0.4) is 0 Å². The predicted octanol–water partition coefficient (Wildman–Crippen LogP) is -0.930. The van der Waals surface area contributed by atoms with E-state index in [4.69, 9.17) is 34.2 Å². The van der Waals surface area contributed by atoms with Crippen molar-refractivity contribution in [1.82, 2.24) is 9.80 Å². The molecule has 0 spiro atoms. The third-order valence-corrected chi connectivity index (χ3v) is 6.69. The molecule has 5 N–H and O–H groups in total. The first kappa shape index (κ1) is 34.7. The summed E-state index contributed by atoms with van der Waals surface area (Å²) in [7, 11) is 0. The summed E-state index contributed by atoms with van der Waals surface area (Å²) in [6, 6.07) is 1.10. The van der Waals surface area contributed by atoms with Gasteiger partial charge in [0, 0.05) is 44.8 Å². The Labute approximate surface area is 234 Å². The minimum absolute atomic E-state index is 0.148. The summed E-state index contributed by atoms with van der Waals surface area (Å²) in [5.74, 6) is 0. The minimum atomic E-state index is -0.689. The Balaban J connectivity index is 1.68. The van der Waals surface area contributed by atoms with E-state index in [1.165, 1.54) is 0 Å². The number of hydrogen-bond acceptors (Lipinski definition) is 12. The maximum absolute atomic E-state index is 10.1. The van der Waals surface area contributed by atoms with Crippen molar-refractivity contribution in [2.45, 2.75) is 89.4 Å². The van der Waals surface area contributed by atoms with Gasteiger partial charge in [0.2, 0.25) is 0 Å². The van der Waals surface area contributed by atoms with Gasteiger partial charge in [0.05, 0.1) is 89.5 Å². The highest BCUT2D eigenvalue weighted by atomic mass is 16.6. The molecule has 2 aliphatic rings. The van der Waals surface area contributed by atoms with Crippen molar-refractivity contribution in [2.75, 3.05) is 85.6 Å². The van der Waals surface area contributed by atoms with Gasteiger partial charge in [-0.15, -0.1) is 0 Å². The van der Waals surface area contributed by atoms with Gasteiger partial charge in [-0.3, -0.25) is 9.80 Å². The van der Waals surface area contributed by atoms with E-state index in [0.29, 0.717) is 45.0 Å². The summed E-state index contributed by atoms with van der Waals surface area (Å²) in [6.07, 6.45) is -2.72. The van der Waals surface area contributed by atoms with Crippen LogP contribution in [0, 0.1) is 0 Å². The fourth-order valence-corrected chi connectivity index (χ4v) is 4.05. The van der Waals surface area contributed by atoms with Crippen molar-refractivity contribution >= 4 is 0 Å². The standard InChI is InChI=1S/C27H55N3O9/c1-19-7-29(19)9-25(32)15-35-12-22(4)38-18-27(17-37-21(3)11-34-14-24(31)6-28)39-23(5)13-36-16-26(33)10-30-8-20(30)2/h19-27,31-33H,6-18,28H2,1-5H3. The molecule has 2 aliphatic heterocycles. The van der Waals surface area contributed by atoms with Crippen molar-refractivity contribution in [3.05, 3.63) is 0 Å². The molecule has 12 heteroatoms. The second-order valence-corrected chi connectivity index (χ2v) is 11.3. The van der Waals surface area contributed by atoms with Crippen molar-refractivity contribution < 1.29 is 43.7 Å². The molecule has 2 saturated heterocycles. The molecular weight excluding hydrogens is 510 g/mol. The van der Waals surface area contributed by atoms with Gasteiger partial charge in [0.25, 0.3) is 0 Å². The highest BCUT2D eigenvalue weighted by molar-refractivity contribution is 4.86. The van der Waals surface area contributed by atoms with Crippen LogP contribution in [-0.4, -0.2) is 166 Å². The molecule has 0 radical (unpaired) electrons. The van der Waals surface area contributed by atoms with E-state index in [2.05, 4.69) is 23.6 Å². The number of aliphatic hydroxyl groups excluding tert-OH is 3. The van der Waals surface area contributed by atoms with E-state index in [0.717, 1.165) is 13.1 Å². The van der Waals surface area contributed by atoms with Crippen molar-refractivity contribution in [3.8, 4) is 0 Å². The van der Waals surface area contributed by atoms with Crippen LogP contribution in [0.4, 0.5) is 0 Å². The van der Waals surface area contributed by atoms with Crippen LogP contribution < -0.4 is 5.73 Å². The molecule has 0 bridgehead atoms. The number of hydrogen-bond donors (Lipinski definition) is 4. The quantitative estimate of drug-likeness (QED) is 0.101. The molecule has 0 saturated carbocycles. The van der Waals surface area contributed by atoms with E-state index >= 15 is 0 Å². The molecule has 12 nitrogen and oxygen atoms in total. The molecule has 2 fully saturated rings. The summed E-state index contributed by atoms with van der Waals surface area (Å²) >= 11 is 0. The molecule has 11 atom stereocenters. The lowest BCUT2D eigenvalue weighted by Crippen LogP contribution is -2.36. The maximum Gasteiger partial charge on any atom is 0.105 e. The van der Waals surface area contributed by atoms with Crippen molar-refractivity contribution in [2.24, 2.45) is 5.73 Å². The number of rotatable bonds is 25. The lowest BCUT2D eigenvalue weighted by Gasteiger charge is -2.26. The summed E-state index contributed by atoms with van der Waals surface area (Å²) < 4.78 is 34.9. The Morgan fingerprint density at radius 2 is 1.03 bits per heavy atom. The predicted molar refractivity (Wildman–Crippen MR) is 147 cm³/mol. The molecule has 232 valence electrons. The van der Waals surface area contributed by atoms with Crippen molar-refractivity contribution in [3.63, 3.8) is 0 Å². The second-order valence-electron chi connectivity index (χ2n) is 11.3. The Kier molecular flexibility index (Phi) is 16.8. The molecule has 0 aromatic carbocycles. The minimum Gasteiger partial charge on any atom is -0.389 e. The summed E-state index contributed by atoms with van der Waals surface area (Å²) in [6.45, 7) is 15.7. The first-order chi connectivity index (χ1) is 18.6. The zero-order valence-electron chi connectivity index (χ0n) is 24.7. The van der Waals surface area contributed by atoms with Crippen LogP contribution in [0.5, 0.6) is 0 Å². The van der Waals surface area contributed by atoms with E-state index < -0.39 is 18.3 Å². The number of β-amino-alcohol motifs (C(OH)–C–C–N with tert-alkyl or cyclic N) is 2. The summed E-state index contributed by atoms with van der Waals surface area (Å²) in [4.78, 5) is 4.39. The van der Waals surface area contributed by atoms with Gasteiger partial charge in [-0.1, -0.05) is 0 Å². The average molecular weight is 566 g/mol. The van der Waals surface area contributed by atoms with Gasteiger partial charge in [-0.2, -0.15) is 0 Å². The Morgan fingerprint density at radius 3 is 1.41 bits per heavy atom. The zero-order valence-corrected chi connectivity index (χ0v) is 24.7. The van der Waals surface area contributed by atoms with Crippen LogP contribution >= 0.6 is 0 Å². The van der Waals surface area contributed by atoms with E-state index in [-0.39, 0.29) is 64.0 Å². The zero-order chi connectivity index (χ0) is 28.8. The second kappa shape index (κ2) is 18.9. The largest absolute Gasteiger partial charge is 0.389 e. The van der Waals surface area contributed by atoms with Crippen LogP contribution in [-0.2, 0) is 28.4 Å². The number of ether oxygens (including phenoxy) is 6. The van der Waals surface area contributed by atoms with Crippen LogP contribution in [0.15, 0.2) is 0 Å². The van der Waals surface area contributed by atoms with Gasteiger partial charge in [0.1, 0.15) is 6.10 Å². The summed E-state index contributed by atoms with van der Waals surface area (Å²) in [5.41, 5.74) is 5.40. The number of aliphatic hydroxyl groups is 3. The van der Waals surface area contributed by atoms with Gasteiger partial charge in [-0.25, -0.2) is 0 Å². The molecule has 11 unspecified atom stereocenters. The SMILES string of the molecule is CC(COCC(O)CN)OCC(COC(C)COCC(O)CN1CC1C)OC(C)COCC(O)CN1CC1C. The van der Waals surface area contributed by atoms with E-state index in [1.807, 2.05) is 20.8 Å². The first-order valence-electron chi connectivity index (χ1n) is 14.4. The number of nitrogens with zero attached hydrogens (tertiary/aromatic N) is 2.